The van der Waals surface area contributed by atoms with Crippen molar-refractivity contribution < 1.29 is 18.4 Å². The summed E-state index contributed by atoms with van der Waals surface area (Å²) in [5.41, 5.74) is 0.0261. The first-order valence-corrected chi connectivity index (χ1v) is 8.62. The summed E-state index contributed by atoms with van der Waals surface area (Å²) in [4.78, 5) is 32.5. The molecule has 0 unspecified atom stereocenters. The predicted octanol–water partition coefficient (Wildman–Crippen LogP) is 2.82. The van der Waals surface area contributed by atoms with Gasteiger partial charge in [-0.3, -0.25) is 19.8 Å². The number of hydrogen-bond donors (Lipinski definition) is 1. The third kappa shape index (κ3) is 4.28. The molecule has 1 aliphatic carbocycles. The molecule has 0 aliphatic heterocycles. The fourth-order valence-electron chi connectivity index (χ4n) is 3.20. The number of anilines is 1. The molecule has 0 spiro atoms. The number of hydrogen-bond acceptors (Lipinski definition) is 5. The number of likely N-dealkylation sites (N-methyl/N-ethyl adjacent to an activating group) is 1. The minimum Gasteiger partial charge on any atom is -0.298 e. The van der Waals surface area contributed by atoms with Gasteiger partial charge in [-0.1, -0.05) is 11.6 Å². The summed E-state index contributed by atoms with van der Waals surface area (Å²) in [7, 11) is 1.72. The molecule has 6 nitrogen and oxygen atoms in total. The Balaban J connectivity index is 1.68. The highest BCUT2D eigenvalue weighted by Crippen LogP contribution is 2.51. The molecular weight excluding hydrogens is 378 g/mol. The number of carbonyl (C=O) groups excluding carboxylic acids is 2. The molecule has 3 rings (SSSR count). The van der Waals surface area contributed by atoms with Crippen LogP contribution in [0.3, 0.4) is 0 Å². The Kier molecular flexibility index (Phi) is 5.48. The van der Waals surface area contributed by atoms with Crippen LogP contribution in [0.5, 0.6) is 0 Å². The molecule has 9 heteroatoms. The third-order valence-electron chi connectivity index (χ3n) is 4.50. The molecule has 142 valence electrons. The van der Waals surface area contributed by atoms with Crippen molar-refractivity contribution in [2.45, 2.75) is 18.3 Å². The van der Waals surface area contributed by atoms with Crippen LogP contribution in [0.1, 0.15) is 28.8 Å². The topological polar surface area (TPSA) is 75.2 Å². The van der Waals surface area contributed by atoms with E-state index < -0.39 is 17.0 Å². The number of carbonyl (C=O) groups is 2. The number of amides is 1. The summed E-state index contributed by atoms with van der Waals surface area (Å²) in [6.07, 6.45) is 3.91. The van der Waals surface area contributed by atoms with E-state index >= 15 is 0 Å². The fraction of sp³-hybridized carbons (Fsp3) is 0.333. The van der Waals surface area contributed by atoms with Crippen molar-refractivity contribution in [3.8, 4) is 0 Å². The van der Waals surface area contributed by atoms with Crippen molar-refractivity contribution in [3.05, 3.63) is 52.3 Å². The molecule has 0 radical (unpaired) electrons. The lowest BCUT2D eigenvalue weighted by atomic mass is 9.90. The Morgan fingerprint density at radius 1 is 1.33 bits per heavy atom. The third-order valence-corrected chi connectivity index (χ3v) is 4.79. The number of aromatic nitrogens is 2. The molecule has 2 aromatic rings. The first kappa shape index (κ1) is 19.3. The van der Waals surface area contributed by atoms with Crippen molar-refractivity contribution in [3.63, 3.8) is 0 Å². The van der Waals surface area contributed by atoms with Crippen LogP contribution in [-0.2, 0) is 10.2 Å². The quantitative estimate of drug-likeness (QED) is 0.731. The van der Waals surface area contributed by atoms with Gasteiger partial charge in [0.2, 0.25) is 11.9 Å². The molecule has 1 fully saturated rings. The molecule has 0 bridgehead atoms. The van der Waals surface area contributed by atoms with E-state index in [0.29, 0.717) is 31.2 Å². The minimum atomic E-state index is -0.602. The predicted molar refractivity (Wildman–Crippen MR) is 95.8 cm³/mol. The summed E-state index contributed by atoms with van der Waals surface area (Å²) in [6, 6.07) is 2.87. The molecule has 1 amide bonds. The van der Waals surface area contributed by atoms with E-state index in [1.807, 2.05) is 0 Å². The smallest absolute Gasteiger partial charge is 0.240 e. The number of aldehydes is 1. The SMILES string of the molecule is CN(CC(=O)Nc1ncc(F)cn1)CC1(c2c(C=O)ccc(Cl)c2F)CC1. The fourth-order valence-corrected chi connectivity index (χ4v) is 3.36. The van der Waals surface area contributed by atoms with Crippen LogP contribution in [0.4, 0.5) is 14.7 Å². The first-order valence-electron chi connectivity index (χ1n) is 8.24. The molecule has 1 aliphatic rings. The van der Waals surface area contributed by atoms with Crippen LogP contribution < -0.4 is 5.32 Å². The highest BCUT2D eigenvalue weighted by atomic mass is 35.5. The van der Waals surface area contributed by atoms with Gasteiger partial charge in [-0.05, 0) is 32.0 Å². The number of nitrogens with one attached hydrogen (secondary N) is 1. The molecular formula is C18H17ClF2N4O2. The van der Waals surface area contributed by atoms with Crippen LogP contribution in [0.15, 0.2) is 24.5 Å². The molecule has 1 N–H and O–H groups in total. The lowest BCUT2D eigenvalue weighted by Crippen LogP contribution is -2.36. The zero-order chi connectivity index (χ0) is 19.6. The molecule has 1 aromatic carbocycles. The zero-order valence-corrected chi connectivity index (χ0v) is 15.3. The molecule has 0 atom stereocenters. The average Bonchev–Trinajstić information content (AvgIpc) is 3.38. The maximum absolute atomic E-state index is 14.6. The Hall–Kier alpha value is -2.45. The van der Waals surface area contributed by atoms with Crippen LogP contribution in [0.25, 0.3) is 0 Å². The van der Waals surface area contributed by atoms with Gasteiger partial charge in [0.25, 0.3) is 0 Å². The summed E-state index contributed by atoms with van der Waals surface area (Å²) in [6.45, 7) is 0.379. The van der Waals surface area contributed by atoms with Crippen LogP contribution in [0.2, 0.25) is 5.02 Å². The van der Waals surface area contributed by atoms with E-state index in [1.54, 1.807) is 11.9 Å². The molecule has 1 aromatic heterocycles. The average molecular weight is 395 g/mol. The molecule has 1 heterocycles. The summed E-state index contributed by atoms with van der Waals surface area (Å²) in [5.74, 6) is -1.58. The van der Waals surface area contributed by atoms with Gasteiger partial charge >= 0.3 is 0 Å². The van der Waals surface area contributed by atoms with E-state index in [2.05, 4.69) is 15.3 Å². The van der Waals surface area contributed by atoms with Gasteiger partial charge in [0, 0.05) is 23.1 Å². The largest absolute Gasteiger partial charge is 0.298 e. The normalized spacial score (nSPS) is 14.9. The van der Waals surface area contributed by atoms with Gasteiger partial charge in [0.15, 0.2) is 5.82 Å². The maximum Gasteiger partial charge on any atom is 0.240 e. The van der Waals surface area contributed by atoms with Crippen molar-refractivity contribution in [1.29, 1.82) is 0 Å². The highest BCUT2D eigenvalue weighted by Gasteiger charge is 2.48. The van der Waals surface area contributed by atoms with Crippen molar-refractivity contribution in [1.82, 2.24) is 14.9 Å². The number of nitrogens with zero attached hydrogens (tertiary/aromatic N) is 3. The van der Waals surface area contributed by atoms with Crippen LogP contribution in [0, 0.1) is 11.6 Å². The second-order valence-electron chi connectivity index (χ2n) is 6.67. The number of rotatable bonds is 7. The lowest BCUT2D eigenvalue weighted by molar-refractivity contribution is -0.117. The van der Waals surface area contributed by atoms with Gasteiger partial charge in [-0.2, -0.15) is 0 Å². The van der Waals surface area contributed by atoms with Gasteiger partial charge in [0.1, 0.15) is 12.1 Å². The molecule has 27 heavy (non-hydrogen) atoms. The maximum atomic E-state index is 14.6. The minimum absolute atomic E-state index is 0.0000574. The molecule has 0 saturated heterocycles. The monoisotopic (exact) mass is 394 g/mol. The second kappa shape index (κ2) is 7.66. The van der Waals surface area contributed by atoms with Gasteiger partial charge in [0.05, 0.1) is 24.0 Å². The Morgan fingerprint density at radius 2 is 2.00 bits per heavy atom. The van der Waals surface area contributed by atoms with Crippen molar-refractivity contribution in [2.24, 2.45) is 0 Å². The van der Waals surface area contributed by atoms with Gasteiger partial charge in [-0.25, -0.2) is 18.7 Å². The van der Waals surface area contributed by atoms with E-state index in [-0.39, 0.29) is 29.0 Å². The summed E-state index contributed by atoms with van der Waals surface area (Å²) in [5, 5.41) is 2.44. The molecule has 1 saturated carbocycles. The Morgan fingerprint density at radius 3 is 2.59 bits per heavy atom. The van der Waals surface area contributed by atoms with Crippen LogP contribution in [-0.4, -0.2) is 47.2 Å². The van der Waals surface area contributed by atoms with E-state index in [9.17, 15) is 18.4 Å². The van der Waals surface area contributed by atoms with Crippen molar-refractivity contribution >= 4 is 29.7 Å². The Bertz CT molecular complexity index is 872. The lowest BCUT2D eigenvalue weighted by Gasteiger charge is -2.25. The van der Waals surface area contributed by atoms with Gasteiger partial charge < -0.3 is 0 Å². The van der Waals surface area contributed by atoms with E-state index in [4.69, 9.17) is 11.6 Å². The number of benzene rings is 1. The van der Waals surface area contributed by atoms with E-state index in [0.717, 1.165) is 12.4 Å². The second-order valence-corrected chi connectivity index (χ2v) is 7.08. The highest BCUT2D eigenvalue weighted by molar-refractivity contribution is 6.30. The summed E-state index contributed by atoms with van der Waals surface area (Å²) >= 11 is 5.89. The summed E-state index contributed by atoms with van der Waals surface area (Å²) < 4.78 is 27.4. The zero-order valence-electron chi connectivity index (χ0n) is 14.5. The van der Waals surface area contributed by atoms with Gasteiger partial charge in [-0.15, -0.1) is 0 Å². The standard InChI is InChI=1S/C18H17ClF2N4O2/c1-25(8-14(27)24-17-22-6-12(20)7-23-17)10-18(4-5-18)15-11(9-26)2-3-13(19)16(15)21/h2-3,6-7,9H,4-5,8,10H2,1H3,(H,22,23,24,27). The van der Waals surface area contributed by atoms with Crippen LogP contribution >= 0.6 is 11.6 Å². The number of halogens is 3. The van der Waals surface area contributed by atoms with E-state index in [1.165, 1.54) is 12.1 Å². The van der Waals surface area contributed by atoms with Crippen molar-refractivity contribution in [2.75, 3.05) is 25.5 Å². The Labute approximate surface area is 159 Å². The first-order chi connectivity index (χ1) is 12.8.